The van der Waals surface area contributed by atoms with Crippen molar-refractivity contribution >= 4 is 18.0 Å². The number of ether oxygens (including phenoxy) is 2. The number of hydrogen-bond donors (Lipinski definition) is 1. The SMILES string of the molecule is COC(=O)C[C@@H](C)N(C(=O)CNC(=O)OC(C)(C)C)C(C)c1ccccc1. The maximum atomic E-state index is 12.8. The number of benzene rings is 1. The fraction of sp³-hybridized carbons (Fsp3) is 0.550. The van der Waals surface area contributed by atoms with Gasteiger partial charge in [-0.1, -0.05) is 30.3 Å². The molecule has 1 unspecified atom stereocenters. The van der Waals surface area contributed by atoms with Crippen LogP contribution >= 0.6 is 0 Å². The number of methoxy groups -OCH3 is 1. The minimum atomic E-state index is -0.663. The maximum absolute atomic E-state index is 12.8. The number of carbonyl (C=O) groups is 3. The normalized spacial score (nSPS) is 13.3. The highest BCUT2D eigenvalue weighted by atomic mass is 16.6. The summed E-state index contributed by atoms with van der Waals surface area (Å²) in [6.07, 6.45) is -0.602. The van der Waals surface area contributed by atoms with E-state index < -0.39 is 23.7 Å². The van der Waals surface area contributed by atoms with Crippen molar-refractivity contribution in [3.8, 4) is 0 Å². The standard InChI is InChI=1S/C20H30N2O5/c1-14(12-18(24)26-6)22(15(2)16-10-8-7-9-11-16)17(23)13-21-19(25)27-20(3,4)5/h7-11,14-15H,12-13H2,1-6H3,(H,21,25)/t14-,15?/m1/s1. The number of nitrogens with one attached hydrogen (secondary N) is 1. The molecular formula is C20H30N2O5. The van der Waals surface area contributed by atoms with Crippen LogP contribution in [-0.4, -0.2) is 48.2 Å². The van der Waals surface area contributed by atoms with Crippen LogP contribution in [0.5, 0.6) is 0 Å². The van der Waals surface area contributed by atoms with Crippen LogP contribution in [0.4, 0.5) is 4.79 Å². The largest absolute Gasteiger partial charge is 0.469 e. The summed E-state index contributed by atoms with van der Waals surface area (Å²) in [7, 11) is 1.31. The Morgan fingerprint density at radius 3 is 2.22 bits per heavy atom. The Morgan fingerprint density at radius 1 is 1.11 bits per heavy atom. The van der Waals surface area contributed by atoms with Gasteiger partial charge in [-0.05, 0) is 40.2 Å². The van der Waals surface area contributed by atoms with Gasteiger partial charge in [0.15, 0.2) is 0 Å². The fourth-order valence-electron chi connectivity index (χ4n) is 2.71. The number of amides is 2. The third kappa shape index (κ3) is 7.68. The Kier molecular flexibility index (Phi) is 8.28. The van der Waals surface area contributed by atoms with Gasteiger partial charge in [0.1, 0.15) is 12.1 Å². The van der Waals surface area contributed by atoms with E-state index in [1.54, 1.807) is 32.6 Å². The molecule has 7 nitrogen and oxygen atoms in total. The van der Waals surface area contributed by atoms with Crippen molar-refractivity contribution < 1.29 is 23.9 Å². The van der Waals surface area contributed by atoms with Crippen LogP contribution in [0.1, 0.15) is 52.6 Å². The molecule has 0 aliphatic heterocycles. The highest BCUT2D eigenvalue weighted by Gasteiger charge is 2.29. The third-order valence-electron chi connectivity index (χ3n) is 3.93. The monoisotopic (exact) mass is 378 g/mol. The van der Waals surface area contributed by atoms with Gasteiger partial charge in [0.2, 0.25) is 5.91 Å². The van der Waals surface area contributed by atoms with Gasteiger partial charge in [0.05, 0.1) is 19.6 Å². The van der Waals surface area contributed by atoms with Crippen molar-refractivity contribution in [1.29, 1.82) is 0 Å². The quantitative estimate of drug-likeness (QED) is 0.737. The number of esters is 1. The first-order valence-electron chi connectivity index (χ1n) is 8.95. The van der Waals surface area contributed by atoms with Crippen molar-refractivity contribution in [3.63, 3.8) is 0 Å². The van der Waals surface area contributed by atoms with E-state index in [9.17, 15) is 14.4 Å². The van der Waals surface area contributed by atoms with Gasteiger partial charge in [-0.15, -0.1) is 0 Å². The van der Waals surface area contributed by atoms with Gasteiger partial charge in [-0.3, -0.25) is 9.59 Å². The summed E-state index contributed by atoms with van der Waals surface area (Å²) >= 11 is 0. The van der Waals surface area contributed by atoms with Gasteiger partial charge < -0.3 is 19.7 Å². The van der Waals surface area contributed by atoms with Crippen LogP contribution in [0.2, 0.25) is 0 Å². The van der Waals surface area contributed by atoms with Crippen LogP contribution in [0.25, 0.3) is 0 Å². The van der Waals surface area contributed by atoms with Crippen LogP contribution in [0.15, 0.2) is 30.3 Å². The number of hydrogen-bond acceptors (Lipinski definition) is 5. The fourth-order valence-corrected chi connectivity index (χ4v) is 2.71. The molecule has 1 aromatic carbocycles. The molecule has 150 valence electrons. The molecule has 0 aromatic heterocycles. The topological polar surface area (TPSA) is 84.9 Å². The summed E-state index contributed by atoms with van der Waals surface area (Å²) < 4.78 is 9.88. The highest BCUT2D eigenvalue weighted by molar-refractivity contribution is 5.83. The van der Waals surface area contributed by atoms with Crippen molar-refractivity contribution in [1.82, 2.24) is 10.2 Å². The number of carbonyl (C=O) groups excluding carboxylic acids is 3. The summed E-state index contributed by atoms with van der Waals surface area (Å²) in [6, 6.07) is 8.81. The van der Waals surface area contributed by atoms with E-state index >= 15 is 0 Å². The molecular weight excluding hydrogens is 348 g/mol. The van der Waals surface area contributed by atoms with E-state index in [1.165, 1.54) is 7.11 Å². The predicted octanol–water partition coefficient (Wildman–Crippen LogP) is 3.05. The van der Waals surface area contributed by atoms with E-state index in [0.717, 1.165) is 5.56 Å². The van der Waals surface area contributed by atoms with Gasteiger partial charge in [-0.2, -0.15) is 0 Å². The second kappa shape index (κ2) is 9.94. The first-order valence-corrected chi connectivity index (χ1v) is 8.95. The summed E-state index contributed by atoms with van der Waals surface area (Å²) in [5, 5.41) is 2.48. The van der Waals surface area contributed by atoms with Crippen LogP contribution < -0.4 is 5.32 Å². The minimum Gasteiger partial charge on any atom is -0.469 e. The average molecular weight is 378 g/mol. The lowest BCUT2D eigenvalue weighted by Gasteiger charge is -2.35. The van der Waals surface area contributed by atoms with Gasteiger partial charge in [-0.25, -0.2) is 4.79 Å². The molecule has 0 spiro atoms. The molecule has 2 atom stereocenters. The molecule has 0 heterocycles. The molecule has 0 aliphatic rings. The Bertz CT molecular complexity index is 640. The molecule has 2 amide bonds. The minimum absolute atomic E-state index is 0.0614. The number of rotatable bonds is 7. The van der Waals surface area contributed by atoms with Crippen molar-refractivity contribution in [2.45, 2.75) is 58.7 Å². The van der Waals surface area contributed by atoms with Crippen molar-refractivity contribution in [2.75, 3.05) is 13.7 Å². The van der Waals surface area contributed by atoms with E-state index in [2.05, 4.69) is 5.32 Å². The van der Waals surface area contributed by atoms with Crippen LogP contribution in [-0.2, 0) is 19.1 Å². The molecule has 0 saturated heterocycles. The zero-order chi connectivity index (χ0) is 20.6. The third-order valence-corrected chi connectivity index (χ3v) is 3.93. The predicted molar refractivity (Wildman–Crippen MR) is 102 cm³/mol. The zero-order valence-corrected chi connectivity index (χ0v) is 16.9. The van der Waals surface area contributed by atoms with Crippen LogP contribution in [0, 0.1) is 0 Å². The second-order valence-electron chi connectivity index (χ2n) is 7.37. The number of nitrogens with zero attached hydrogens (tertiary/aromatic N) is 1. The van der Waals surface area contributed by atoms with Gasteiger partial charge in [0, 0.05) is 6.04 Å². The Labute approximate surface area is 161 Å². The Morgan fingerprint density at radius 2 is 1.70 bits per heavy atom. The summed E-state index contributed by atoms with van der Waals surface area (Å²) in [5.74, 6) is -0.714. The molecule has 0 saturated carbocycles. The molecule has 0 fully saturated rings. The van der Waals surface area contributed by atoms with Crippen molar-refractivity contribution in [2.24, 2.45) is 0 Å². The smallest absolute Gasteiger partial charge is 0.408 e. The maximum Gasteiger partial charge on any atom is 0.408 e. The van der Waals surface area contributed by atoms with Crippen molar-refractivity contribution in [3.05, 3.63) is 35.9 Å². The average Bonchev–Trinajstić information content (AvgIpc) is 2.59. The Balaban J connectivity index is 2.91. The number of alkyl carbamates (subject to hydrolysis) is 1. The molecule has 0 bridgehead atoms. The van der Waals surface area contributed by atoms with E-state index in [0.29, 0.717) is 0 Å². The summed E-state index contributed by atoms with van der Waals surface area (Å²) in [4.78, 5) is 38.0. The Hall–Kier alpha value is -2.57. The zero-order valence-electron chi connectivity index (χ0n) is 16.9. The lowest BCUT2D eigenvalue weighted by atomic mass is 10.0. The molecule has 1 N–H and O–H groups in total. The molecule has 1 rings (SSSR count). The van der Waals surface area contributed by atoms with Gasteiger partial charge >= 0.3 is 12.1 Å². The molecule has 7 heteroatoms. The first-order chi connectivity index (χ1) is 12.5. The summed E-state index contributed by atoms with van der Waals surface area (Å²) in [6.45, 7) is 8.68. The molecule has 0 radical (unpaired) electrons. The molecule has 0 aliphatic carbocycles. The lowest BCUT2D eigenvalue weighted by molar-refractivity contribution is -0.144. The highest BCUT2D eigenvalue weighted by Crippen LogP contribution is 2.24. The molecule has 27 heavy (non-hydrogen) atoms. The van der Waals surface area contributed by atoms with Gasteiger partial charge in [0.25, 0.3) is 0 Å². The van der Waals surface area contributed by atoms with E-state index in [4.69, 9.17) is 9.47 Å². The summed E-state index contributed by atoms with van der Waals surface area (Å²) in [5.41, 5.74) is 0.280. The van der Waals surface area contributed by atoms with Crippen LogP contribution in [0.3, 0.4) is 0 Å². The lowest BCUT2D eigenvalue weighted by Crippen LogP contribution is -2.47. The molecule has 1 aromatic rings. The second-order valence-corrected chi connectivity index (χ2v) is 7.37. The first kappa shape index (κ1) is 22.5. The van der Waals surface area contributed by atoms with E-state index in [-0.39, 0.29) is 24.9 Å². The van der Waals surface area contributed by atoms with E-state index in [1.807, 2.05) is 37.3 Å².